The van der Waals surface area contributed by atoms with E-state index < -0.39 is 11.5 Å². The lowest BCUT2D eigenvalue weighted by molar-refractivity contribution is -0.123. The second-order valence-corrected chi connectivity index (χ2v) is 6.32. The molecule has 1 aliphatic carbocycles. The van der Waals surface area contributed by atoms with Gasteiger partial charge in [-0.15, -0.1) is 11.6 Å². The molecular formula is C14H23ClFNO. The Kier molecular flexibility index (Phi) is 5.20. The molecule has 0 aromatic heterocycles. The number of carbonyl (C=O) groups excluding carboxylic acids is 1. The van der Waals surface area contributed by atoms with Gasteiger partial charge in [-0.3, -0.25) is 4.79 Å². The van der Waals surface area contributed by atoms with Crippen molar-refractivity contribution in [1.29, 1.82) is 0 Å². The monoisotopic (exact) mass is 275 g/mol. The molecule has 1 N–H and O–H groups in total. The highest BCUT2D eigenvalue weighted by molar-refractivity contribution is 6.21. The Bertz CT molecular complexity index is 330. The highest BCUT2D eigenvalue weighted by Gasteiger charge is 2.34. The minimum atomic E-state index is -1.18. The van der Waals surface area contributed by atoms with Gasteiger partial charge in [0.25, 0.3) is 0 Å². The average molecular weight is 276 g/mol. The molecule has 0 aromatic rings. The van der Waals surface area contributed by atoms with Gasteiger partial charge in [0.15, 0.2) is 0 Å². The maximum atomic E-state index is 13.7. The van der Waals surface area contributed by atoms with E-state index in [1.165, 1.54) is 0 Å². The van der Waals surface area contributed by atoms with Crippen LogP contribution in [0.2, 0.25) is 0 Å². The zero-order valence-corrected chi connectivity index (χ0v) is 12.2. The first-order chi connectivity index (χ1) is 8.26. The largest absolute Gasteiger partial charge is 0.351 e. The van der Waals surface area contributed by atoms with E-state index in [0.29, 0.717) is 18.4 Å². The van der Waals surface area contributed by atoms with E-state index in [4.69, 9.17) is 11.6 Å². The second-order valence-electron chi connectivity index (χ2n) is 5.76. The molecule has 1 rings (SSSR count). The average Bonchev–Trinajstić information content (AvgIpc) is 2.29. The molecule has 1 saturated carbocycles. The molecule has 0 radical (unpaired) electrons. The van der Waals surface area contributed by atoms with Crippen LogP contribution >= 0.6 is 11.6 Å². The molecule has 1 aliphatic rings. The molecule has 0 bridgehead atoms. The summed E-state index contributed by atoms with van der Waals surface area (Å²) in [6.45, 7) is 9.74. The molecule has 0 saturated heterocycles. The van der Waals surface area contributed by atoms with Crippen LogP contribution in [0.25, 0.3) is 0 Å². The number of nitrogens with one attached hydrogen (secondary N) is 1. The van der Waals surface area contributed by atoms with Crippen LogP contribution in [0.4, 0.5) is 4.39 Å². The molecule has 4 heteroatoms. The number of allylic oxidation sites excluding steroid dienone is 1. The summed E-state index contributed by atoms with van der Waals surface area (Å²) in [4.78, 5) is 11.9. The van der Waals surface area contributed by atoms with Gasteiger partial charge in [0, 0.05) is 12.0 Å². The third kappa shape index (κ3) is 3.98. The molecule has 0 aromatic carbocycles. The maximum Gasteiger partial charge on any atom is 0.221 e. The Hall–Kier alpha value is -0.570. The maximum absolute atomic E-state index is 13.7. The number of amides is 1. The van der Waals surface area contributed by atoms with Crippen molar-refractivity contribution in [3.8, 4) is 0 Å². The summed E-state index contributed by atoms with van der Waals surface area (Å²) >= 11 is 5.86. The first-order valence-corrected chi connectivity index (χ1v) is 6.98. The van der Waals surface area contributed by atoms with Crippen molar-refractivity contribution in [2.75, 3.05) is 0 Å². The van der Waals surface area contributed by atoms with Gasteiger partial charge < -0.3 is 5.32 Å². The number of rotatable bonds is 4. The molecule has 1 amide bonds. The van der Waals surface area contributed by atoms with Gasteiger partial charge >= 0.3 is 0 Å². The van der Waals surface area contributed by atoms with Gasteiger partial charge in [-0.05, 0) is 44.6 Å². The van der Waals surface area contributed by atoms with Crippen LogP contribution in [0.3, 0.4) is 0 Å². The number of halogens is 2. The van der Waals surface area contributed by atoms with Crippen LogP contribution in [0.1, 0.15) is 46.5 Å². The zero-order chi connectivity index (χ0) is 13.9. The minimum absolute atomic E-state index is 0.0341. The molecule has 104 valence electrons. The van der Waals surface area contributed by atoms with Crippen molar-refractivity contribution in [2.24, 2.45) is 5.92 Å². The van der Waals surface area contributed by atoms with Crippen LogP contribution in [-0.2, 0) is 4.79 Å². The standard InChI is InChI=1S/C14H23ClFNO/c1-5-14(3,4)17-12(18)8-10-6-7-11(15)13(16)9(10)2/h10-11,13H,2,5-8H2,1,3-4H3,(H,17,18). The lowest BCUT2D eigenvalue weighted by Gasteiger charge is -2.32. The molecule has 3 atom stereocenters. The molecule has 0 heterocycles. The Morgan fingerprint density at radius 2 is 2.17 bits per heavy atom. The van der Waals surface area contributed by atoms with E-state index in [0.717, 1.165) is 12.8 Å². The fourth-order valence-electron chi connectivity index (χ4n) is 2.12. The van der Waals surface area contributed by atoms with Crippen LogP contribution in [0.5, 0.6) is 0 Å². The van der Waals surface area contributed by atoms with E-state index in [1.807, 2.05) is 20.8 Å². The van der Waals surface area contributed by atoms with E-state index in [9.17, 15) is 9.18 Å². The summed E-state index contributed by atoms with van der Waals surface area (Å²) in [6.07, 6.45) is 1.34. The van der Waals surface area contributed by atoms with Gasteiger partial charge in [-0.2, -0.15) is 0 Å². The third-order valence-electron chi connectivity index (χ3n) is 3.78. The normalized spacial score (nSPS) is 29.2. The van der Waals surface area contributed by atoms with Crippen LogP contribution < -0.4 is 5.32 Å². The summed E-state index contributed by atoms with van der Waals surface area (Å²) in [5, 5.41) is 2.48. The van der Waals surface area contributed by atoms with Gasteiger partial charge in [0.2, 0.25) is 5.91 Å². The van der Waals surface area contributed by atoms with Crippen LogP contribution in [0, 0.1) is 5.92 Å². The molecule has 3 unspecified atom stereocenters. The van der Waals surface area contributed by atoms with Crippen molar-refractivity contribution in [2.45, 2.75) is 63.5 Å². The summed E-state index contributed by atoms with van der Waals surface area (Å²) in [6, 6.07) is 0. The second kappa shape index (κ2) is 6.05. The molecule has 2 nitrogen and oxygen atoms in total. The van der Waals surface area contributed by atoms with E-state index in [-0.39, 0.29) is 17.4 Å². The van der Waals surface area contributed by atoms with Crippen molar-refractivity contribution in [3.05, 3.63) is 12.2 Å². The highest BCUT2D eigenvalue weighted by Crippen LogP contribution is 2.35. The SMILES string of the molecule is C=C1C(CC(=O)NC(C)(C)CC)CCC(Cl)C1F. The fraction of sp³-hybridized carbons (Fsp3) is 0.786. The van der Waals surface area contributed by atoms with Gasteiger partial charge in [-0.25, -0.2) is 4.39 Å². The zero-order valence-electron chi connectivity index (χ0n) is 11.4. The summed E-state index contributed by atoms with van der Waals surface area (Å²) in [5.41, 5.74) is 0.266. The predicted molar refractivity (Wildman–Crippen MR) is 73.5 cm³/mol. The Morgan fingerprint density at radius 1 is 1.56 bits per heavy atom. The van der Waals surface area contributed by atoms with Crippen molar-refractivity contribution < 1.29 is 9.18 Å². The van der Waals surface area contributed by atoms with E-state index in [2.05, 4.69) is 11.9 Å². The molecule has 0 aliphatic heterocycles. The topological polar surface area (TPSA) is 29.1 Å². The Balaban J connectivity index is 2.53. The number of hydrogen-bond acceptors (Lipinski definition) is 1. The smallest absolute Gasteiger partial charge is 0.221 e. The molecule has 18 heavy (non-hydrogen) atoms. The summed E-state index contributed by atoms with van der Waals surface area (Å²) in [7, 11) is 0. The van der Waals surface area contributed by atoms with Crippen molar-refractivity contribution >= 4 is 17.5 Å². The molecular weight excluding hydrogens is 253 g/mol. The number of hydrogen-bond donors (Lipinski definition) is 1. The first-order valence-electron chi connectivity index (χ1n) is 6.54. The molecule has 0 spiro atoms. The first kappa shape index (κ1) is 15.5. The van der Waals surface area contributed by atoms with Gasteiger partial charge in [-0.1, -0.05) is 13.5 Å². The molecule has 1 fully saturated rings. The summed E-state index contributed by atoms with van der Waals surface area (Å²) in [5.74, 6) is -0.115. The number of alkyl halides is 2. The predicted octanol–water partition coefficient (Wildman–Crippen LogP) is 3.59. The Morgan fingerprint density at radius 3 is 2.72 bits per heavy atom. The fourth-order valence-corrected chi connectivity index (χ4v) is 2.41. The van der Waals surface area contributed by atoms with Crippen LogP contribution in [0.15, 0.2) is 12.2 Å². The third-order valence-corrected chi connectivity index (χ3v) is 4.22. The van der Waals surface area contributed by atoms with Gasteiger partial charge in [0.1, 0.15) is 6.17 Å². The summed E-state index contributed by atoms with van der Waals surface area (Å²) < 4.78 is 13.7. The highest BCUT2D eigenvalue weighted by atomic mass is 35.5. The van der Waals surface area contributed by atoms with E-state index >= 15 is 0 Å². The minimum Gasteiger partial charge on any atom is -0.351 e. The van der Waals surface area contributed by atoms with E-state index in [1.54, 1.807) is 0 Å². The quantitative estimate of drug-likeness (QED) is 0.616. The number of carbonyl (C=O) groups is 1. The van der Waals surface area contributed by atoms with Crippen LogP contribution in [-0.4, -0.2) is 23.0 Å². The lowest BCUT2D eigenvalue weighted by atomic mass is 9.81. The van der Waals surface area contributed by atoms with Crippen molar-refractivity contribution in [1.82, 2.24) is 5.32 Å². The van der Waals surface area contributed by atoms with Crippen molar-refractivity contribution in [3.63, 3.8) is 0 Å². The van der Waals surface area contributed by atoms with Gasteiger partial charge in [0.05, 0.1) is 5.38 Å². The Labute approximate surface area is 114 Å². The lowest BCUT2D eigenvalue weighted by Crippen LogP contribution is -2.44.